The fraction of sp³-hybridized carbons (Fsp3) is 0.0213. The molecule has 0 saturated carbocycles. The summed E-state index contributed by atoms with van der Waals surface area (Å²) in [4.78, 5) is 14.9. The molecule has 2 aliphatic rings. The minimum absolute atomic E-state index is 0.729. The van der Waals surface area contributed by atoms with Gasteiger partial charge in [0.25, 0.3) is 0 Å². The highest BCUT2D eigenvalue weighted by Gasteiger charge is 2.50. The molecule has 9 aromatic carbocycles. The number of anilines is 6. The van der Waals surface area contributed by atoms with E-state index >= 15 is 4.57 Å². The molecule has 1 aromatic heterocycles. The van der Waals surface area contributed by atoms with Gasteiger partial charge in [0.05, 0.1) is 50.1 Å². The molecule has 2 aliphatic heterocycles. The second-order valence-electron chi connectivity index (χ2n) is 14.2. The van der Waals surface area contributed by atoms with Gasteiger partial charge in [0, 0.05) is 27.4 Å². The summed E-state index contributed by atoms with van der Waals surface area (Å²) in [6, 6.07) is 55.1. The van der Waals surface area contributed by atoms with Crippen LogP contribution >= 0.6 is 7.14 Å². The number of aryl methyl sites for hydroxylation is 1. The lowest BCUT2D eigenvalue weighted by Gasteiger charge is -2.45. The van der Waals surface area contributed by atoms with E-state index in [9.17, 15) is 0 Å². The van der Waals surface area contributed by atoms with Crippen LogP contribution in [0.15, 0.2) is 158 Å². The van der Waals surface area contributed by atoms with E-state index in [1.54, 1.807) is 0 Å². The normalized spacial score (nSPS) is 16.1. The van der Waals surface area contributed by atoms with Crippen LogP contribution in [0, 0.1) is 6.92 Å². The van der Waals surface area contributed by atoms with Crippen LogP contribution in [0.25, 0.3) is 54.4 Å². The second-order valence-corrected chi connectivity index (χ2v) is 16.9. The average Bonchev–Trinajstić information content (AvgIpc) is 3.19. The number of nitrogens with zero attached hydrogens (tertiary/aromatic N) is 4. The topological polar surface area (TPSA) is 49.3 Å². The van der Waals surface area contributed by atoms with Crippen LogP contribution in [0.3, 0.4) is 0 Å². The van der Waals surface area contributed by atoms with Crippen molar-refractivity contribution >= 4 is 112 Å². The predicted molar refractivity (Wildman–Crippen MR) is 221 cm³/mol. The van der Waals surface area contributed by atoms with Crippen LogP contribution in [0.5, 0.6) is 0 Å². The average molecular weight is 697 g/mol. The number of hydrogen-bond acceptors (Lipinski definition) is 5. The molecule has 1 atom stereocenters. The van der Waals surface area contributed by atoms with Crippen molar-refractivity contribution in [3.63, 3.8) is 0 Å². The zero-order valence-corrected chi connectivity index (χ0v) is 29.5. The smallest absolute Gasteiger partial charge is 0.179 e. The Hall–Kier alpha value is -6.55. The molecule has 0 bridgehead atoms. The van der Waals surface area contributed by atoms with E-state index in [0.29, 0.717) is 0 Å². The van der Waals surface area contributed by atoms with Crippen molar-refractivity contribution in [2.75, 3.05) is 9.80 Å². The predicted octanol–water partition coefficient (Wildman–Crippen LogP) is 11.2. The number of fused-ring (bicyclic) bond motifs is 7. The Kier molecular flexibility index (Phi) is 5.64. The Bertz CT molecular complexity index is 3220. The van der Waals surface area contributed by atoms with Crippen LogP contribution < -0.4 is 25.7 Å². The second kappa shape index (κ2) is 10.3. The number of para-hydroxylation sites is 4. The molecule has 248 valence electrons. The van der Waals surface area contributed by atoms with Crippen molar-refractivity contribution in [2.45, 2.75) is 6.92 Å². The Morgan fingerprint density at radius 2 is 1.06 bits per heavy atom. The third-order valence-electron chi connectivity index (χ3n) is 11.2. The Labute approximate surface area is 305 Å². The van der Waals surface area contributed by atoms with Crippen molar-refractivity contribution in [2.24, 2.45) is 0 Å². The van der Waals surface area contributed by atoms with Crippen molar-refractivity contribution in [3.05, 3.63) is 163 Å². The van der Waals surface area contributed by atoms with E-state index in [1.165, 1.54) is 21.5 Å². The van der Waals surface area contributed by atoms with Crippen LogP contribution in [-0.4, -0.2) is 9.97 Å². The Morgan fingerprint density at radius 1 is 0.472 bits per heavy atom. The molecule has 1 unspecified atom stereocenters. The van der Waals surface area contributed by atoms with Crippen molar-refractivity contribution in [3.8, 4) is 0 Å². The fourth-order valence-electron chi connectivity index (χ4n) is 9.06. The van der Waals surface area contributed by atoms with Gasteiger partial charge in [0.1, 0.15) is 0 Å². The van der Waals surface area contributed by atoms with Gasteiger partial charge in [-0.15, -0.1) is 0 Å². The molecule has 5 nitrogen and oxygen atoms in total. The summed E-state index contributed by atoms with van der Waals surface area (Å²) in [6.07, 6.45) is 0. The third-order valence-corrected chi connectivity index (χ3v) is 14.4. The maximum atomic E-state index is 17.2. The van der Waals surface area contributed by atoms with E-state index in [4.69, 9.17) is 9.97 Å². The van der Waals surface area contributed by atoms with Gasteiger partial charge in [-0.2, -0.15) is 0 Å². The van der Waals surface area contributed by atoms with Crippen LogP contribution in [-0.2, 0) is 4.57 Å². The largest absolute Gasteiger partial charge is 0.309 e. The molecule has 0 fully saturated rings. The van der Waals surface area contributed by atoms with Gasteiger partial charge in [0.15, 0.2) is 7.14 Å². The van der Waals surface area contributed by atoms with Gasteiger partial charge in [-0.25, -0.2) is 9.97 Å². The molecule has 0 amide bonds. The molecule has 3 heterocycles. The van der Waals surface area contributed by atoms with Crippen LogP contribution in [0.4, 0.5) is 34.1 Å². The van der Waals surface area contributed by atoms with Gasteiger partial charge >= 0.3 is 0 Å². The zero-order valence-electron chi connectivity index (χ0n) is 28.7. The monoisotopic (exact) mass is 696 g/mol. The lowest BCUT2D eigenvalue weighted by Crippen LogP contribution is -2.43. The molecule has 0 aliphatic carbocycles. The van der Waals surface area contributed by atoms with E-state index in [0.717, 1.165) is 88.4 Å². The first kappa shape index (κ1) is 29.1. The summed E-state index contributed by atoms with van der Waals surface area (Å²) in [5.41, 5.74) is 9.94. The zero-order chi connectivity index (χ0) is 35.0. The summed E-state index contributed by atoms with van der Waals surface area (Å²) in [5, 5.41) is 9.47. The molecule has 12 rings (SSSR count). The van der Waals surface area contributed by atoms with Crippen LogP contribution in [0.1, 0.15) is 5.56 Å². The van der Waals surface area contributed by atoms with E-state index in [2.05, 4.69) is 144 Å². The summed E-state index contributed by atoms with van der Waals surface area (Å²) in [5.74, 6) is 0. The Balaban J connectivity index is 1.30. The lowest BCUT2D eigenvalue weighted by molar-refractivity contribution is 0.592. The maximum Gasteiger partial charge on any atom is 0.179 e. The number of hydrogen-bond donors (Lipinski definition) is 0. The molecule has 0 radical (unpaired) electrons. The van der Waals surface area contributed by atoms with Gasteiger partial charge < -0.3 is 14.4 Å². The summed E-state index contributed by atoms with van der Waals surface area (Å²) in [6.45, 7) is 2.14. The lowest BCUT2D eigenvalue weighted by atomic mass is 9.92. The van der Waals surface area contributed by atoms with Crippen molar-refractivity contribution in [1.82, 2.24) is 9.97 Å². The summed E-state index contributed by atoms with van der Waals surface area (Å²) in [7, 11) is -3.58. The third kappa shape index (κ3) is 3.79. The molecule has 6 heteroatoms. The molecule has 0 saturated heterocycles. The Morgan fingerprint density at radius 3 is 1.75 bits per heavy atom. The van der Waals surface area contributed by atoms with Crippen LogP contribution in [0.2, 0.25) is 0 Å². The minimum Gasteiger partial charge on any atom is -0.309 e. The van der Waals surface area contributed by atoms with Crippen molar-refractivity contribution < 1.29 is 4.57 Å². The highest BCUT2D eigenvalue weighted by molar-refractivity contribution is 7.86. The highest BCUT2D eigenvalue weighted by atomic mass is 31.2. The number of aromatic nitrogens is 2. The number of benzene rings is 9. The summed E-state index contributed by atoms with van der Waals surface area (Å²) < 4.78 is 17.2. The molecule has 0 spiro atoms. The van der Waals surface area contributed by atoms with Gasteiger partial charge in [0.2, 0.25) is 0 Å². The molecule has 0 N–H and O–H groups in total. The first-order valence-electron chi connectivity index (χ1n) is 17.9. The van der Waals surface area contributed by atoms with Gasteiger partial charge in [-0.1, -0.05) is 91.0 Å². The summed E-state index contributed by atoms with van der Waals surface area (Å²) >= 11 is 0. The fourth-order valence-corrected chi connectivity index (χ4v) is 12.4. The minimum atomic E-state index is -3.58. The standard InChI is InChI=1S/C47H29N4OP/c1-28-23-40-47-41(24-28)51(33-15-6-3-7-16-33)46-34-22-21-30-12-10-11-29-19-20-31(45(34)44(29)30)25-43(46)53(47,52)42-27-38-37(48-35-17-8-9-18-36(35)49-38)26-39(42)50(40)32-13-4-2-5-14-32/h2-27H,1H3. The highest BCUT2D eigenvalue weighted by Crippen LogP contribution is 2.63. The van der Waals surface area contributed by atoms with Crippen molar-refractivity contribution in [1.29, 1.82) is 0 Å². The van der Waals surface area contributed by atoms with Gasteiger partial charge in [-0.05, 0) is 106 Å². The first-order chi connectivity index (χ1) is 26.1. The molecule has 10 aromatic rings. The molecule has 53 heavy (non-hydrogen) atoms. The molecular formula is C47H29N4OP. The van der Waals surface area contributed by atoms with E-state index in [1.807, 2.05) is 30.3 Å². The quantitative estimate of drug-likeness (QED) is 0.102. The van der Waals surface area contributed by atoms with Gasteiger partial charge in [-0.3, -0.25) is 0 Å². The molecular weight excluding hydrogens is 668 g/mol. The van der Waals surface area contributed by atoms with E-state index in [-0.39, 0.29) is 0 Å². The van der Waals surface area contributed by atoms with E-state index < -0.39 is 7.14 Å². The SMILES string of the molecule is Cc1cc2c3c(c1)N(c1ccccc1)c1c(cc4ccc5cccc6ccc1c4c56)P3(=O)c1cc3nc4ccccc4nc3cc1N2c1ccccc1. The number of rotatable bonds is 2. The first-order valence-corrected chi connectivity index (χ1v) is 19.6. The maximum absolute atomic E-state index is 17.2.